The van der Waals surface area contributed by atoms with Gasteiger partial charge in [0, 0.05) is 17.3 Å². The quantitative estimate of drug-likeness (QED) is 0.828. The second-order valence-electron chi connectivity index (χ2n) is 3.02. The van der Waals surface area contributed by atoms with E-state index in [9.17, 15) is 0 Å². The number of hydrogen-bond acceptors (Lipinski definition) is 3. The first-order valence-corrected chi connectivity index (χ1v) is 5.52. The van der Waals surface area contributed by atoms with Crippen molar-refractivity contribution in [2.24, 2.45) is 0 Å². The van der Waals surface area contributed by atoms with Gasteiger partial charge in [-0.2, -0.15) is 0 Å². The molecular weight excluding hydrogens is 192 g/mol. The molecule has 0 fully saturated rings. The Morgan fingerprint density at radius 1 is 1.43 bits per heavy atom. The van der Waals surface area contributed by atoms with E-state index in [1.165, 1.54) is 5.56 Å². The molecule has 3 heteroatoms. The van der Waals surface area contributed by atoms with Crippen LogP contribution in [0.5, 0.6) is 0 Å². The summed E-state index contributed by atoms with van der Waals surface area (Å²) in [5.41, 5.74) is 2.45. The molecule has 0 aliphatic rings. The minimum atomic E-state index is 0.943. The van der Waals surface area contributed by atoms with E-state index in [0.29, 0.717) is 0 Å². The zero-order valence-electron chi connectivity index (χ0n) is 8.03. The largest absolute Gasteiger partial charge is 0.332 e. The van der Waals surface area contributed by atoms with E-state index in [1.807, 2.05) is 5.38 Å². The SMILES string of the molecule is CCc1cccc(Nc2nccs2)c1. The molecule has 1 aromatic carbocycles. The summed E-state index contributed by atoms with van der Waals surface area (Å²) in [6, 6.07) is 8.41. The lowest BCUT2D eigenvalue weighted by atomic mass is 10.1. The van der Waals surface area contributed by atoms with E-state index >= 15 is 0 Å². The molecule has 0 aliphatic heterocycles. The van der Waals surface area contributed by atoms with Crippen molar-refractivity contribution in [3.05, 3.63) is 41.4 Å². The highest BCUT2D eigenvalue weighted by Crippen LogP contribution is 2.19. The topological polar surface area (TPSA) is 24.9 Å². The van der Waals surface area contributed by atoms with Crippen LogP contribution in [0.2, 0.25) is 0 Å². The van der Waals surface area contributed by atoms with Crippen molar-refractivity contribution in [2.75, 3.05) is 5.32 Å². The van der Waals surface area contributed by atoms with E-state index in [0.717, 1.165) is 17.2 Å². The summed E-state index contributed by atoms with van der Waals surface area (Å²) in [6.07, 6.45) is 2.87. The number of aryl methyl sites for hydroxylation is 1. The minimum Gasteiger partial charge on any atom is -0.332 e. The first-order valence-electron chi connectivity index (χ1n) is 4.64. The highest BCUT2D eigenvalue weighted by Gasteiger charge is 1.96. The molecule has 2 nitrogen and oxygen atoms in total. The highest BCUT2D eigenvalue weighted by atomic mass is 32.1. The Balaban J connectivity index is 2.17. The van der Waals surface area contributed by atoms with Crippen LogP contribution in [0, 0.1) is 0 Å². The van der Waals surface area contributed by atoms with Gasteiger partial charge in [0.05, 0.1) is 0 Å². The van der Waals surface area contributed by atoms with Crippen LogP contribution >= 0.6 is 11.3 Å². The predicted molar refractivity (Wildman–Crippen MR) is 61.2 cm³/mol. The normalized spacial score (nSPS) is 10.1. The number of benzene rings is 1. The summed E-state index contributed by atoms with van der Waals surface area (Å²) in [5.74, 6) is 0. The fourth-order valence-electron chi connectivity index (χ4n) is 1.28. The van der Waals surface area contributed by atoms with Crippen LogP contribution in [0.4, 0.5) is 10.8 Å². The van der Waals surface area contributed by atoms with Gasteiger partial charge in [-0.3, -0.25) is 0 Å². The van der Waals surface area contributed by atoms with Crippen molar-refractivity contribution in [2.45, 2.75) is 13.3 Å². The summed E-state index contributed by atoms with van der Waals surface area (Å²) < 4.78 is 0. The highest BCUT2D eigenvalue weighted by molar-refractivity contribution is 7.13. The van der Waals surface area contributed by atoms with E-state index in [4.69, 9.17) is 0 Å². The van der Waals surface area contributed by atoms with Gasteiger partial charge in [-0.15, -0.1) is 11.3 Å². The molecular formula is C11H12N2S. The van der Waals surface area contributed by atoms with Gasteiger partial charge in [0.15, 0.2) is 5.13 Å². The maximum Gasteiger partial charge on any atom is 0.187 e. The van der Waals surface area contributed by atoms with Gasteiger partial charge >= 0.3 is 0 Å². The van der Waals surface area contributed by atoms with Gasteiger partial charge in [0.2, 0.25) is 0 Å². The van der Waals surface area contributed by atoms with Gasteiger partial charge in [-0.05, 0) is 24.1 Å². The first kappa shape index (κ1) is 9.21. The van der Waals surface area contributed by atoms with Crippen molar-refractivity contribution in [3.8, 4) is 0 Å². The molecule has 0 unspecified atom stereocenters. The van der Waals surface area contributed by atoms with Crippen LogP contribution in [0.3, 0.4) is 0 Å². The van der Waals surface area contributed by atoms with Crippen LogP contribution in [-0.4, -0.2) is 4.98 Å². The second-order valence-corrected chi connectivity index (χ2v) is 3.91. The summed E-state index contributed by atoms with van der Waals surface area (Å²) in [5, 5.41) is 6.17. The summed E-state index contributed by atoms with van der Waals surface area (Å²) in [7, 11) is 0. The number of rotatable bonds is 3. The Morgan fingerprint density at radius 2 is 2.36 bits per heavy atom. The first-order chi connectivity index (χ1) is 6.88. The Hall–Kier alpha value is -1.35. The molecule has 0 amide bonds. The fraction of sp³-hybridized carbons (Fsp3) is 0.182. The van der Waals surface area contributed by atoms with Gasteiger partial charge in [0.1, 0.15) is 0 Å². The van der Waals surface area contributed by atoms with Crippen LogP contribution in [-0.2, 0) is 6.42 Å². The molecule has 1 heterocycles. The van der Waals surface area contributed by atoms with Gasteiger partial charge in [0.25, 0.3) is 0 Å². The molecule has 0 aliphatic carbocycles. The fourth-order valence-corrected chi connectivity index (χ4v) is 1.83. The molecule has 0 spiro atoms. The van der Waals surface area contributed by atoms with Crippen LogP contribution in [0.1, 0.15) is 12.5 Å². The third-order valence-corrected chi connectivity index (χ3v) is 2.71. The number of nitrogens with one attached hydrogen (secondary N) is 1. The Labute approximate surface area is 87.6 Å². The van der Waals surface area contributed by atoms with Gasteiger partial charge in [-0.1, -0.05) is 19.1 Å². The van der Waals surface area contributed by atoms with Crippen LogP contribution < -0.4 is 5.32 Å². The average molecular weight is 204 g/mol. The Kier molecular flexibility index (Phi) is 2.79. The lowest BCUT2D eigenvalue weighted by molar-refractivity contribution is 1.14. The molecule has 0 bridgehead atoms. The minimum absolute atomic E-state index is 0.943. The monoisotopic (exact) mass is 204 g/mol. The van der Waals surface area contributed by atoms with Crippen molar-refractivity contribution in [1.29, 1.82) is 0 Å². The summed E-state index contributed by atoms with van der Waals surface area (Å²) in [4.78, 5) is 4.17. The van der Waals surface area contributed by atoms with Gasteiger partial charge < -0.3 is 5.32 Å². The number of nitrogens with zero attached hydrogens (tertiary/aromatic N) is 1. The molecule has 0 saturated heterocycles. The maximum absolute atomic E-state index is 4.17. The molecule has 72 valence electrons. The van der Waals surface area contributed by atoms with Crippen LogP contribution in [0.15, 0.2) is 35.8 Å². The smallest absolute Gasteiger partial charge is 0.187 e. The standard InChI is InChI=1S/C11H12N2S/c1-2-9-4-3-5-10(8-9)13-11-12-6-7-14-11/h3-8H,2H2,1H3,(H,12,13). The molecule has 0 radical (unpaired) electrons. The zero-order valence-corrected chi connectivity index (χ0v) is 8.84. The summed E-state index contributed by atoms with van der Waals surface area (Å²) in [6.45, 7) is 2.16. The maximum atomic E-state index is 4.17. The predicted octanol–water partition coefficient (Wildman–Crippen LogP) is 3.45. The summed E-state index contributed by atoms with van der Waals surface area (Å²) >= 11 is 1.61. The molecule has 0 saturated carbocycles. The molecule has 14 heavy (non-hydrogen) atoms. The lowest BCUT2D eigenvalue weighted by Gasteiger charge is -2.03. The number of hydrogen-bond donors (Lipinski definition) is 1. The van der Waals surface area contributed by atoms with E-state index < -0.39 is 0 Å². The molecule has 2 aromatic rings. The zero-order chi connectivity index (χ0) is 9.80. The van der Waals surface area contributed by atoms with Crippen molar-refractivity contribution < 1.29 is 0 Å². The van der Waals surface area contributed by atoms with Crippen molar-refractivity contribution in [1.82, 2.24) is 4.98 Å². The Morgan fingerprint density at radius 3 is 3.07 bits per heavy atom. The third kappa shape index (κ3) is 2.12. The molecule has 2 rings (SSSR count). The lowest BCUT2D eigenvalue weighted by Crippen LogP contribution is -1.90. The number of anilines is 2. The van der Waals surface area contributed by atoms with Gasteiger partial charge in [-0.25, -0.2) is 4.98 Å². The average Bonchev–Trinajstić information content (AvgIpc) is 2.71. The van der Waals surface area contributed by atoms with E-state index in [-0.39, 0.29) is 0 Å². The number of thiazole rings is 1. The molecule has 0 atom stereocenters. The third-order valence-electron chi connectivity index (χ3n) is 2.02. The molecule has 1 N–H and O–H groups in total. The van der Waals surface area contributed by atoms with Crippen molar-refractivity contribution >= 4 is 22.2 Å². The van der Waals surface area contributed by atoms with Crippen LogP contribution in [0.25, 0.3) is 0 Å². The Bertz CT molecular complexity index is 395. The van der Waals surface area contributed by atoms with Crippen molar-refractivity contribution in [3.63, 3.8) is 0 Å². The second kappa shape index (κ2) is 4.24. The van der Waals surface area contributed by atoms with E-state index in [2.05, 4.69) is 41.5 Å². The molecule has 1 aromatic heterocycles. The number of aromatic nitrogens is 1. The van der Waals surface area contributed by atoms with E-state index in [1.54, 1.807) is 17.5 Å².